The summed E-state index contributed by atoms with van der Waals surface area (Å²) in [7, 11) is 0. The molecule has 5 nitrogen and oxygen atoms in total. The van der Waals surface area contributed by atoms with Crippen molar-refractivity contribution >= 4 is 0 Å². The summed E-state index contributed by atoms with van der Waals surface area (Å²) in [6.45, 7) is 3.87. The molecular formula is C16H19NO4. The number of rotatable bonds is 6. The van der Waals surface area contributed by atoms with Gasteiger partial charge in [0, 0.05) is 18.2 Å². The molecule has 0 atom stereocenters. The fourth-order valence-corrected chi connectivity index (χ4v) is 2.16. The second-order valence-electron chi connectivity index (χ2n) is 4.94. The van der Waals surface area contributed by atoms with Crippen LogP contribution in [0, 0.1) is 0 Å². The fraction of sp³-hybridized carbons (Fsp3) is 0.312. The highest BCUT2D eigenvalue weighted by molar-refractivity contribution is 5.31. The third-order valence-electron chi connectivity index (χ3n) is 3.17. The van der Waals surface area contributed by atoms with Gasteiger partial charge in [0.05, 0.1) is 6.54 Å². The molecule has 0 spiro atoms. The van der Waals surface area contributed by atoms with Gasteiger partial charge in [0.1, 0.15) is 17.8 Å². The van der Waals surface area contributed by atoms with Crippen molar-refractivity contribution < 1.29 is 14.6 Å². The maximum Gasteiger partial charge on any atom is 0.226 e. The summed E-state index contributed by atoms with van der Waals surface area (Å²) in [5.41, 5.74) is 0.377. The molecule has 0 aliphatic carbocycles. The minimum absolute atomic E-state index is 0.255. The number of phenolic OH excluding ortho intramolecular Hbond substituents is 1. The summed E-state index contributed by atoms with van der Waals surface area (Å²) < 4.78 is 5.23. The van der Waals surface area contributed by atoms with E-state index in [-0.39, 0.29) is 11.5 Å². The van der Waals surface area contributed by atoms with Crippen LogP contribution < -0.4 is 5.43 Å². The zero-order chi connectivity index (χ0) is 15.2. The number of hydrogen-bond donors (Lipinski definition) is 2. The van der Waals surface area contributed by atoms with Crippen LogP contribution in [0.2, 0.25) is 0 Å². The number of phenols is 1. The van der Waals surface area contributed by atoms with E-state index in [1.807, 2.05) is 12.1 Å². The standard InChI is InChI=1S/C16H19NO4/c1-2-7-17(9-12-5-3-4-6-14(12)18)10-13-8-15(19)16(20)11-21-13/h3-6,8,11,18,20H,2,7,9-10H2,1H3. The lowest BCUT2D eigenvalue weighted by atomic mass is 10.2. The molecule has 0 radical (unpaired) electrons. The first kappa shape index (κ1) is 15.1. The van der Waals surface area contributed by atoms with Gasteiger partial charge < -0.3 is 14.6 Å². The summed E-state index contributed by atoms with van der Waals surface area (Å²) in [6, 6.07) is 8.47. The van der Waals surface area contributed by atoms with Gasteiger partial charge in [0.15, 0.2) is 5.75 Å². The number of aromatic hydroxyl groups is 2. The SMILES string of the molecule is CCCN(Cc1cc(=O)c(O)co1)Cc1ccccc1O. The van der Waals surface area contributed by atoms with Crippen molar-refractivity contribution in [3.05, 3.63) is 58.1 Å². The summed E-state index contributed by atoms with van der Waals surface area (Å²) in [4.78, 5) is 13.5. The predicted octanol–water partition coefficient (Wildman–Crippen LogP) is 2.46. The predicted molar refractivity (Wildman–Crippen MR) is 79.2 cm³/mol. The number of benzene rings is 1. The van der Waals surface area contributed by atoms with E-state index in [0.29, 0.717) is 18.8 Å². The quantitative estimate of drug-likeness (QED) is 0.854. The molecule has 0 bridgehead atoms. The van der Waals surface area contributed by atoms with Crippen molar-refractivity contribution in [3.8, 4) is 11.5 Å². The Morgan fingerprint density at radius 3 is 2.57 bits per heavy atom. The molecule has 1 aromatic heterocycles. The molecule has 0 fully saturated rings. The third-order valence-corrected chi connectivity index (χ3v) is 3.17. The summed E-state index contributed by atoms with van der Waals surface area (Å²) in [5.74, 6) is 0.355. The van der Waals surface area contributed by atoms with Crippen LogP contribution in [0.25, 0.3) is 0 Å². The first-order valence-electron chi connectivity index (χ1n) is 6.90. The normalized spacial score (nSPS) is 11.0. The van der Waals surface area contributed by atoms with E-state index in [9.17, 15) is 15.0 Å². The smallest absolute Gasteiger partial charge is 0.226 e. The monoisotopic (exact) mass is 289 g/mol. The number of nitrogens with zero attached hydrogens (tertiary/aromatic N) is 1. The minimum Gasteiger partial charge on any atom is -0.508 e. The maximum absolute atomic E-state index is 11.4. The van der Waals surface area contributed by atoms with Gasteiger partial charge in [0.25, 0.3) is 0 Å². The molecule has 5 heteroatoms. The largest absolute Gasteiger partial charge is 0.508 e. The molecule has 2 rings (SSSR count). The molecule has 1 aromatic carbocycles. The average Bonchev–Trinajstić information content (AvgIpc) is 2.46. The Bertz CT molecular complexity index is 651. The van der Waals surface area contributed by atoms with Crippen molar-refractivity contribution in [1.82, 2.24) is 4.90 Å². The van der Waals surface area contributed by atoms with Gasteiger partial charge in [0.2, 0.25) is 5.43 Å². The number of hydrogen-bond acceptors (Lipinski definition) is 5. The zero-order valence-corrected chi connectivity index (χ0v) is 12.0. The van der Waals surface area contributed by atoms with Gasteiger partial charge in [-0.25, -0.2) is 0 Å². The second kappa shape index (κ2) is 6.95. The van der Waals surface area contributed by atoms with E-state index in [0.717, 1.165) is 24.8 Å². The average molecular weight is 289 g/mol. The van der Waals surface area contributed by atoms with Crippen molar-refractivity contribution in [3.63, 3.8) is 0 Å². The van der Waals surface area contributed by atoms with Crippen LogP contribution in [0.15, 0.2) is 45.8 Å². The Labute approximate surface area is 123 Å². The van der Waals surface area contributed by atoms with E-state index < -0.39 is 5.43 Å². The van der Waals surface area contributed by atoms with Crippen LogP contribution in [0.4, 0.5) is 0 Å². The molecule has 21 heavy (non-hydrogen) atoms. The Morgan fingerprint density at radius 1 is 1.14 bits per heavy atom. The van der Waals surface area contributed by atoms with Gasteiger partial charge in [-0.2, -0.15) is 0 Å². The van der Waals surface area contributed by atoms with Crippen LogP contribution in [0.5, 0.6) is 11.5 Å². The molecular weight excluding hydrogens is 270 g/mol. The Morgan fingerprint density at radius 2 is 1.90 bits per heavy atom. The molecule has 0 saturated carbocycles. The lowest BCUT2D eigenvalue weighted by Gasteiger charge is -2.21. The number of para-hydroxylation sites is 1. The molecule has 0 saturated heterocycles. The van der Waals surface area contributed by atoms with Gasteiger partial charge >= 0.3 is 0 Å². The van der Waals surface area contributed by atoms with Gasteiger partial charge in [-0.1, -0.05) is 25.1 Å². The molecule has 2 aromatic rings. The van der Waals surface area contributed by atoms with Crippen molar-refractivity contribution in [2.75, 3.05) is 6.54 Å². The van der Waals surface area contributed by atoms with E-state index in [2.05, 4.69) is 11.8 Å². The van der Waals surface area contributed by atoms with Gasteiger partial charge in [-0.05, 0) is 19.0 Å². The third kappa shape index (κ3) is 4.10. The van der Waals surface area contributed by atoms with E-state index in [1.165, 1.54) is 6.07 Å². The van der Waals surface area contributed by atoms with Crippen LogP contribution >= 0.6 is 0 Å². The van der Waals surface area contributed by atoms with Crippen LogP contribution in [-0.4, -0.2) is 21.7 Å². The fourth-order valence-electron chi connectivity index (χ4n) is 2.16. The molecule has 0 aliphatic rings. The first-order chi connectivity index (χ1) is 10.1. The second-order valence-corrected chi connectivity index (χ2v) is 4.94. The maximum atomic E-state index is 11.4. The highest BCUT2D eigenvalue weighted by atomic mass is 16.4. The molecule has 1 heterocycles. The van der Waals surface area contributed by atoms with Crippen molar-refractivity contribution in [1.29, 1.82) is 0 Å². The molecule has 0 amide bonds. The lowest BCUT2D eigenvalue weighted by Crippen LogP contribution is -2.24. The molecule has 2 N–H and O–H groups in total. The Balaban J connectivity index is 2.13. The highest BCUT2D eigenvalue weighted by Gasteiger charge is 2.11. The van der Waals surface area contributed by atoms with Crippen molar-refractivity contribution in [2.45, 2.75) is 26.4 Å². The van der Waals surface area contributed by atoms with E-state index >= 15 is 0 Å². The molecule has 112 valence electrons. The lowest BCUT2D eigenvalue weighted by molar-refractivity contribution is 0.229. The first-order valence-corrected chi connectivity index (χ1v) is 6.90. The van der Waals surface area contributed by atoms with Crippen LogP contribution in [0.1, 0.15) is 24.7 Å². The zero-order valence-electron chi connectivity index (χ0n) is 12.0. The molecule has 0 aliphatic heterocycles. The van der Waals surface area contributed by atoms with Gasteiger partial charge in [-0.15, -0.1) is 0 Å². The van der Waals surface area contributed by atoms with E-state index in [1.54, 1.807) is 12.1 Å². The van der Waals surface area contributed by atoms with Crippen molar-refractivity contribution in [2.24, 2.45) is 0 Å². The Hall–Kier alpha value is -2.27. The molecule has 0 unspecified atom stereocenters. The minimum atomic E-state index is -0.449. The highest BCUT2D eigenvalue weighted by Crippen LogP contribution is 2.19. The van der Waals surface area contributed by atoms with Crippen LogP contribution in [0.3, 0.4) is 0 Å². The van der Waals surface area contributed by atoms with Gasteiger partial charge in [-0.3, -0.25) is 9.69 Å². The topological polar surface area (TPSA) is 73.9 Å². The summed E-state index contributed by atoms with van der Waals surface area (Å²) in [5, 5.41) is 19.0. The van der Waals surface area contributed by atoms with E-state index in [4.69, 9.17) is 4.42 Å². The Kier molecular flexibility index (Phi) is 5.00. The van der Waals surface area contributed by atoms with Crippen LogP contribution in [-0.2, 0) is 13.1 Å². The summed E-state index contributed by atoms with van der Waals surface area (Å²) in [6.07, 6.45) is 2.00. The summed E-state index contributed by atoms with van der Waals surface area (Å²) >= 11 is 0.